The first-order valence-electron chi connectivity index (χ1n) is 6.48. The van der Waals surface area contributed by atoms with Crippen LogP contribution in [0.4, 0.5) is 0 Å². The van der Waals surface area contributed by atoms with Gasteiger partial charge in [0.25, 0.3) is 0 Å². The highest BCUT2D eigenvalue weighted by atomic mass is 79.9. The molecule has 3 heteroatoms. The van der Waals surface area contributed by atoms with Gasteiger partial charge in [0.1, 0.15) is 0 Å². The molecule has 0 aliphatic carbocycles. The number of nitrogens with one attached hydrogen (secondary N) is 2. The Morgan fingerprint density at radius 3 is 2.94 bits per heavy atom. The minimum atomic E-state index is 0.398. The monoisotopic (exact) mass is 296 g/mol. The molecule has 2 nitrogen and oxygen atoms in total. The fraction of sp³-hybridized carbons (Fsp3) is 0.571. The van der Waals surface area contributed by atoms with Crippen LogP contribution in [0.1, 0.15) is 37.8 Å². The predicted octanol–water partition coefficient (Wildman–Crippen LogP) is 3.24. The van der Waals surface area contributed by atoms with E-state index in [1.807, 2.05) is 0 Å². The molecule has 0 bridgehead atoms. The van der Waals surface area contributed by atoms with Crippen LogP contribution in [0.5, 0.6) is 0 Å². The minimum absolute atomic E-state index is 0.398. The highest BCUT2D eigenvalue weighted by Gasteiger charge is 2.14. The van der Waals surface area contributed by atoms with Crippen LogP contribution in [0.3, 0.4) is 0 Å². The van der Waals surface area contributed by atoms with Gasteiger partial charge in [-0.05, 0) is 37.9 Å². The van der Waals surface area contributed by atoms with E-state index in [1.165, 1.54) is 35.8 Å². The van der Waals surface area contributed by atoms with Gasteiger partial charge in [0.15, 0.2) is 0 Å². The highest BCUT2D eigenvalue weighted by molar-refractivity contribution is 9.10. The Morgan fingerprint density at radius 1 is 1.41 bits per heavy atom. The van der Waals surface area contributed by atoms with Crippen molar-refractivity contribution in [1.29, 1.82) is 0 Å². The molecule has 17 heavy (non-hydrogen) atoms. The van der Waals surface area contributed by atoms with Crippen molar-refractivity contribution in [2.75, 3.05) is 13.1 Å². The Morgan fingerprint density at radius 2 is 2.24 bits per heavy atom. The maximum Gasteiger partial charge on any atom is 0.0303 e. The van der Waals surface area contributed by atoms with Crippen LogP contribution in [-0.2, 0) is 0 Å². The van der Waals surface area contributed by atoms with Crippen molar-refractivity contribution in [3.63, 3.8) is 0 Å². The van der Waals surface area contributed by atoms with E-state index in [0.29, 0.717) is 12.1 Å². The average molecular weight is 297 g/mol. The first-order chi connectivity index (χ1) is 8.27. The lowest BCUT2D eigenvalue weighted by atomic mass is 10.0. The summed E-state index contributed by atoms with van der Waals surface area (Å²) < 4.78 is 1.19. The molecule has 1 saturated heterocycles. The molecule has 1 aromatic rings. The molecule has 1 unspecified atom stereocenters. The van der Waals surface area contributed by atoms with Gasteiger partial charge in [-0.1, -0.05) is 40.5 Å². The topological polar surface area (TPSA) is 24.1 Å². The normalized spacial score (nSPS) is 22.4. The molecule has 0 radical (unpaired) electrons. The van der Waals surface area contributed by atoms with E-state index in [0.717, 1.165) is 6.54 Å². The lowest BCUT2D eigenvalue weighted by Gasteiger charge is -2.26. The third-order valence-electron chi connectivity index (χ3n) is 3.45. The minimum Gasteiger partial charge on any atom is -0.313 e. The van der Waals surface area contributed by atoms with Gasteiger partial charge in [-0.3, -0.25) is 0 Å². The zero-order valence-electron chi connectivity index (χ0n) is 10.4. The quantitative estimate of drug-likeness (QED) is 0.891. The van der Waals surface area contributed by atoms with E-state index in [4.69, 9.17) is 0 Å². The molecule has 2 atom stereocenters. The molecule has 1 fully saturated rings. The van der Waals surface area contributed by atoms with Crippen molar-refractivity contribution in [3.8, 4) is 0 Å². The van der Waals surface area contributed by atoms with Gasteiger partial charge in [0.05, 0.1) is 0 Å². The molecule has 1 aromatic carbocycles. The van der Waals surface area contributed by atoms with Gasteiger partial charge in [-0.15, -0.1) is 0 Å². The summed E-state index contributed by atoms with van der Waals surface area (Å²) >= 11 is 3.61. The van der Waals surface area contributed by atoms with Crippen LogP contribution in [0.2, 0.25) is 0 Å². The van der Waals surface area contributed by atoms with Gasteiger partial charge < -0.3 is 10.6 Å². The summed E-state index contributed by atoms with van der Waals surface area (Å²) in [5.74, 6) is 0. The van der Waals surface area contributed by atoms with E-state index in [-0.39, 0.29) is 0 Å². The zero-order valence-corrected chi connectivity index (χ0v) is 12.0. The maximum atomic E-state index is 3.62. The number of benzene rings is 1. The number of hydrogen-bond acceptors (Lipinski definition) is 2. The zero-order chi connectivity index (χ0) is 12.1. The van der Waals surface area contributed by atoms with Crippen LogP contribution in [0, 0.1) is 0 Å². The maximum absolute atomic E-state index is 3.62. The molecule has 2 rings (SSSR count). The SMILES string of the molecule is C[C@@H](NCC1CCCCN1)c1ccccc1Br. The summed E-state index contributed by atoms with van der Waals surface area (Å²) in [6.07, 6.45) is 3.99. The van der Waals surface area contributed by atoms with Crippen molar-refractivity contribution in [2.24, 2.45) is 0 Å². The van der Waals surface area contributed by atoms with Crippen molar-refractivity contribution >= 4 is 15.9 Å². The summed E-state index contributed by atoms with van der Waals surface area (Å²) in [6.45, 7) is 4.46. The second-order valence-corrected chi connectivity index (χ2v) is 5.65. The van der Waals surface area contributed by atoms with E-state index in [9.17, 15) is 0 Å². The van der Waals surface area contributed by atoms with Gasteiger partial charge in [0, 0.05) is 23.1 Å². The molecule has 1 aliphatic rings. The number of rotatable bonds is 4. The third kappa shape index (κ3) is 3.80. The molecule has 1 heterocycles. The average Bonchev–Trinajstić information content (AvgIpc) is 2.38. The molecule has 0 aromatic heterocycles. The Hall–Kier alpha value is -0.380. The van der Waals surface area contributed by atoms with Gasteiger partial charge in [0.2, 0.25) is 0 Å². The molecule has 1 aliphatic heterocycles. The molecule has 2 N–H and O–H groups in total. The summed E-state index contributed by atoms with van der Waals surface area (Å²) in [6, 6.07) is 9.48. The molecular formula is C14H21BrN2. The fourth-order valence-corrected chi connectivity index (χ4v) is 2.98. The second kappa shape index (κ2) is 6.53. The molecule has 0 spiro atoms. The van der Waals surface area contributed by atoms with Gasteiger partial charge >= 0.3 is 0 Å². The number of hydrogen-bond donors (Lipinski definition) is 2. The summed E-state index contributed by atoms with van der Waals surface area (Å²) in [7, 11) is 0. The first-order valence-corrected chi connectivity index (χ1v) is 7.28. The smallest absolute Gasteiger partial charge is 0.0303 e. The summed E-state index contributed by atoms with van der Waals surface area (Å²) in [5, 5.41) is 7.18. The van der Waals surface area contributed by atoms with E-state index >= 15 is 0 Å². The van der Waals surface area contributed by atoms with Crippen LogP contribution in [0.25, 0.3) is 0 Å². The Kier molecular flexibility index (Phi) is 5.01. The van der Waals surface area contributed by atoms with E-state index in [2.05, 4.69) is 57.8 Å². The number of piperidine rings is 1. The van der Waals surface area contributed by atoms with Crippen LogP contribution < -0.4 is 10.6 Å². The van der Waals surface area contributed by atoms with Crippen molar-refractivity contribution in [3.05, 3.63) is 34.3 Å². The first kappa shape index (κ1) is 13.1. The molecule has 0 amide bonds. The van der Waals surface area contributed by atoms with E-state index in [1.54, 1.807) is 0 Å². The Labute approximate surface area is 112 Å². The number of halogens is 1. The van der Waals surface area contributed by atoms with E-state index < -0.39 is 0 Å². The Balaban J connectivity index is 1.84. The largest absolute Gasteiger partial charge is 0.313 e. The van der Waals surface area contributed by atoms with Crippen LogP contribution in [0.15, 0.2) is 28.7 Å². The van der Waals surface area contributed by atoms with Crippen molar-refractivity contribution < 1.29 is 0 Å². The second-order valence-electron chi connectivity index (χ2n) is 4.80. The van der Waals surface area contributed by atoms with Crippen LogP contribution in [-0.4, -0.2) is 19.1 Å². The molecule has 94 valence electrons. The third-order valence-corrected chi connectivity index (χ3v) is 4.18. The standard InChI is InChI=1S/C14H21BrN2/c1-11(13-7-2-3-8-14(13)15)17-10-12-6-4-5-9-16-12/h2-3,7-8,11-12,16-17H,4-6,9-10H2,1H3/t11-,12?/m1/s1. The predicted molar refractivity (Wildman–Crippen MR) is 76.2 cm³/mol. The Bertz CT molecular complexity index is 348. The molecule has 0 saturated carbocycles. The summed E-state index contributed by atoms with van der Waals surface area (Å²) in [4.78, 5) is 0. The molecular weight excluding hydrogens is 276 g/mol. The van der Waals surface area contributed by atoms with Crippen molar-refractivity contribution in [2.45, 2.75) is 38.3 Å². The lowest BCUT2D eigenvalue weighted by Crippen LogP contribution is -2.42. The van der Waals surface area contributed by atoms with Gasteiger partial charge in [-0.2, -0.15) is 0 Å². The van der Waals surface area contributed by atoms with Gasteiger partial charge in [-0.25, -0.2) is 0 Å². The lowest BCUT2D eigenvalue weighted by molar-refractivity contribution is 0.371. The van der Waals surface area contributed by atoms with Crippen LogP contribution >= 0.6 is 15.9 Å². The summed E-state index contributed by atoms with van der Waals surface area (Å²) in [5.41, 5.74) is 1.34. The van der Waals surface area contributed by atoms with Crippen molar-refractivity contribution in [1.82, 2.24) is 10.6 Å². The highest BCUT2D eigenvalue weighted by Crippen LogP contribution is 2.22. The fourth-order valence-electron chi connectivity index (χ4n) is 2.35.